The van der Waals surface area contributed by atoms with E-state index < -0.39 is 5.91 Å². The molecule has 1 amide bonds. The van der Waals surface area contributed by atoms with Gasteiger partial charge in [-0.15, -0.1) is 0 Å². The molecule has 0 heterocycles. The van der Waals surface area contributed by atoms with Crippen molar-refractivity contribution in [3.05, 3.63) is 70.8 Å². The van der Waals surface area contributed by atoms with Gasteiger partial charge >= 0.3 is 0 Å². The topological polar surface area (TPSA) is 73.1 Å². The highest BCUT2D eigenvalue weighted by atomic mass is 16.3. The zero-order chi connectivity index (χ0) is 17.5. The first kappa shape index (κ1) is 17.3. The molecule has 0 fully saturated rings. The van der Waals surface area contributed by atoms with E-state index in [2.05, 4.69) is 19.2 Å². The summed E-state index contributed by atoms with van der Waals surface area (Å²) in [5.41, 5.74) is 2.82. The Hall–Kier alpha value is -3.06. The number of nitrogens with one attached hydrogen (secondary N) is 1. The quantitative estimate of drug-likeness (QED) is 0.651. The van der Waals surface area contributed by atoms with Crippen molar-refractivity contribution in [1.29, 1.82) is 5.26 Å². The van der Waals surface area contributed by atoms with E-state index in [9.17, 15) is 15.2 Å². The summed E-state index contributed by atoms with van der Waals surface area (Å²) < 4.78 is 0. The molecule has 0 saturated heterocycles. The SMILES string of the molecule is CC(C)c1ccc(CNC(=O)/C(C#N)=C/c2cccc(O)c2)cc1. The van der Waals surface area contributed by atoms with E-state index in [4.69, 9.17) is 0 Å². The first-order valence-corrected chi connectivity index (χ1v) is 7.77. The van der Waals surface area contributed by atoms with E-state index in [1.165, 1.54) is 23.8 Å². The molecule has 2 aromatic carbocycles. The predicted octanol–water partition coefficient (Wildman–Crippen LogP) is 3.74. The van der Waals surface area contributed by atoms with Gasteiger partial charge in [-0.1, -0.05) is 50.2 Å². The average Bonchev–Trinajstić information content (AvgIpc) is 2.58. The third-order valence-corrected chi connectivity index (χ3v) is 3.65. The van der Waals surface area contributed by atoms with E-state index in [1.807, 2.05) is 30.3 Å². The Kier molecular flexibility index (Phi) is 5.75. The van der Waals surface area contributed by atoms with Gasteiger partial charge in [0.05, 0.1) is 0 Å². The molecule has 2 rings (SSSR count). The van der Waals surface area contributed by atoms with E-state index in [1.54, 1.807) is 12.1 Å². The molecule has 0 unspecified atom stereocenters. The first-order valence-electron chi connectivity index (χ1n) is 7.77. The van der Waals surface area contributed by atoms with Crippen LogP contribution in [0.15, 0.2) is 54.1 Å². The number of carbonyl (C=O) groups excluding carboxylic acids is 1. The van der Waals surface area contributed by atoms with E-state index in [0.29, 0.717) is 18.0 Å². The van der Waals surface area contributed by atoms with Gasteiger partial charge in [-0.3, -0.25) is 4.79 Å². The summed E-state index contributed by atoms with van der Waals surface area (Å²) in [5, 5.41) is 21.4. The fourth-order valence-corrected chi connectivity index (χ4v) is 2.23. The molecule has 2 N–H and O–H groups in total. The van der Waals surface area contributed by atoms with Crippen molar-refractivity contribution in [3.8, 4) is 11.8 Å². The molecule has 0 aromatic heterocycles. The summed E-state index contributed by atoms with van der Waals surface area (Å²) in [4.78, 5) is 12.1. The number of benzene rings is 2. The van der Waals surface area contributed by atoms with Crippen molar-refractivity contribution in [2.75, 3.05) is 0 Å². The van der Waals surface area contributed by atoms with Crippen LogP contribution >= 0.6 is 0 Å². The van der Waals surface area contributed by atoms with E-state index in [-0.39, 0.29) is 11.3 Å². The minimum absolute atomic E-state index is 0.000555. The fourth-order valence-electron chi connectivity index (χ4n) is 2.23. The Balaban J connectivity index is 2.03. The van der Waals surface area contributed by atoms with Gasteiger partial charge in [0, 0.05) is 6.54 Å². The molecule has 0 radical (unpaired) electrons. The lowest BCUT2D eigenvalue weighted by Gasteiger charge is -2.08. The van der Waals surface area contributed by atoms with Gasteiger partial charge < -0.3 is 10.4 Å². The van der Waals surface area contributed by atoms with Crippen LogP contribution in [-0.2, 0) is 11.3 Å². The molecule has 0 spiro atoms. The third kappa shape index (κ3) is 4.72. The van der Waals surface area contributed by atoms with Crippen molar-refractivity contribution in [2.45, 2.75) is 26.3 Å². The van der Waals surface area contributed by atoms with Crippen LogP contribution in [0.2, 0.25) is 0 Å². The molecule has 24 heavy (non-hydrogen) atoms. The summed E-state index contributed by atoms with van der Waals surface area (Å²) in [6.07, 6.45) is 1.46. The highest BCUT2D eigenvalue weighted by Crippen LogP contribution is 2.15. The van der Waals surface area contributed by atoms with Gasteiger partial charge in [0.15, 0.2) is 0 Å². The van der Waals surface area contributed by atoms with Crippen LogP contribution in [0.3, 0.4) is 0 Å². The molecule has 122 valence electrons. The molecule has 0 saturated carbocycles. The molecule has 2 aromatic rings. The van der Waals surface area contributed by atoms with Gasteiger partial charge in [0.2, 0.25) is 0 Å². The molecular formula is C20H20N2O2. The maximum absolute atomic E-state index is 12.1. The number of carbonyl (C=O) groups is 1. The van der Waals surface area contributed by atoms with Crippen LogP contribution in [0, 0.1) is 11.3 Å². The molecule has 0 aliphatic carbocycles. The van der Waals surface area contributed by atoms with Gasteiger partial charge in [-0.05, 0) is 40.8 Å². The van der Waals surface area contributed by atoms with Gasteiger partial charge in [0.25, 0.3) is 5.91 Å². The minimum Gasteiger partial charge on any atom is -0.508 e. The molecule has 4 heteroatoms. The van der Waals surface area contributed by atoms with Gasteiger partial charge in [-0.2, -0.15) is 5.26 Å². The Morgan fingerprint density at radius 3 is 2.54 bits per heavy atom. The Bertz CT molecular complexity index is 784. The average molecular weight is 320 g/mol. The van der Waals surface area contributed by atoms with E-state index in [0.717, 1.165) is 5.56 Å². The number of hydrogen-bond acceptors (Lipinski definition) is 3. The zero-order valence-corrected chi connectivity index (χ0v) is 13.8. The Morgan fingerprint density at radius 2 is 1.96 bits per heavy atom. The summed E-state index contributed by atoms with van der Waals surface area (Å²) >= 11 is 0. The lowest BCUT2D eigenvalue weighted by Crippen LogP contribution is -2.23. The minimum atomic E-state index is -0.436. The summed E-state index contributed by atoms with van der Waals surface area (Å²) in [5.74, 6) is 0.115. The lowest BCUT2D eigenvalue weighted by atomic mass is 10.0. The number of nitriles is 1. The van der Waals surface area contributed by atoms with Crippen molar-refractivity contribution < 1.29 is 9.90 Å². The number of amides is 1. The standard InChI is InChI=1S/C20H20N2O2/c1-14(2)17-8-6-15(7-9-17)13-22-20(24)18(12-21)10-16-4-3-5-19(23)11-16/h3-11,14,23H,13H2,1-2H3,(H,22,24)/b18-10+. The largest absolute Gasteiger partial charge is 0.508 e. The molecule has 4 nitrogen and oxygen atoms in total. The summed E-state index contributed by atoms with van der Waals surface area (Å²) in [6.45, 7) is 4.61. The number of phenols is 1. The summed E-state index contributed by atoms with van der Waals surface area (Å²) in [7, 11) is 0. The van der Waals surface area contributed by atoms with Crippen molar-refractivity contribution in [2.24, 2.45) is 0 Å². The maximum Gasteiger partial charge on any atom is 0.262 e. The van der Waals surface area contributed by atoms with Crippen LogP contribution in [0.4, 0.5) is 0 Å². The van der Waals surface area contributed by atoms with Crippen molar-refractivity contribution >= 4 is 12.0 Å². The third-order valence-electron chi connectivity index (χ3n) is 3.65. The van der Waals surface area contributed by atoms with Crippen LogP contribution in [0.25, 0.3) is 6.08 Å². The molecule has 0 bridgehead atoms. The summed E-state index contributed by atoms with van der Waals surface area (Å²) in [6, 6.07) is 16.3. The normalized spacial score (nSPS) is 11.2. The number of aromatic hydroxyl groups is 1. The van der Waals surface area contributed by atoms with Crippen molar-refractivity contribution in [3.63, 3.8) is 0 Å². The Morgan fingerprint density at radius 1 is 1.25 bits per heavy atom. The maximum atomic E-state index is 12.1. The number of hydrogen-bond donors (Lipinski definition) is 2. The molecule has 0 atom stereocenters. The first-order chi connectivity index (χ1) is 11.5. The van der Waals surface area contributed by atoms with Crippen LogP contribution in [-0.4, -0.2) is 11.0 Å². The number of nitrogens with zero attached hydrogens (tertiary/aromatic N) is 1. The number of rotatable bonds is 5. The van der Waals surface area contributed by atoms with Crippen molar-refractivity contribution in [1.82, 2.24) is 5.32 Å². The second-order valence-corrected chi connectivity index (χ2v) is 5.84. The zero-order valence-electron chi connectivity index (χ0n) is 13.8. The van der Waals surface area contributed by atoms with Crippen LogP contribution < -0.4 is 5.32 Å². The van der Waals surface area contributed by atoms with Crippen LogP contribution in [0.1, 0.15) is 36.5 Å². The monoisotopic (exact) mass is 320 g/mol. The predicted molar refractivity (Wildman–Crippen MR) is 94.1 cm³/mol. The second kappa shape index (κ2) is 7.98. The molecule has 0 aliphatic heterocycles. The van der Waals surface area contributed by atoms with E-state index >= 15 is 0 Å². The lowest BCUT2D eigenvalue weighted by molar-refractivity contribution is -0.117. The Labute approximate surface area is 142 Å². The van der Waals surface area contributed by atoms with Crippen LogP contribution in [0.5, 0.6) is 5.75 Å². The molecule has 0 aliphatic rings. The van der Waals surface area contributed by atoms with Gasteiger partial charge in [-0.25, -0.2) is 0 Å². The highest BCUT2D eigenvalue weighted by molar-refractivity contribution is 6.01. The second-order valence-electron chi connectivity index (χ2n) is 5.84. The molecular weight excluding hydrogens is 300 g/mol. The highest BCUT2D eigenvalue weighted by Gasteiger charge is 2.09. The smallest absolute Gasteiger partial charge is 0.262 e. The number of phenolic OH excluding ortho intramolecular Hbond substituents is 1. The fraction of sp³-hybridized carbons (Fsp3) is 0.200. The van der Waals surface area contributed by atoms with Gasteiger partial charge in [0.1, 0.15) is 17.4 Å².